The van der Waals surface area contributed by atoms with Gasteiger partial charge in [-0.05, 0) is 48.0 Å². The summed E-state index contributed by atoms with van der Waals surface area (Å²) in [6.45, 7) is 0.261. The Labute approximate surface area is 198 Å². The third kappa shape index (κ3) is 4.05. The van der Waals surface area contributed by atoms with Crippen molar-refractivity contribution in [1.82, 2.24) is 25.1 Å². The van der Waals surface area contributed by atoms with Crippen LogP contribution in [-0.2, 0) is 6.54 Å². The van der Waals surface area contributed by atoms with Gasteiger partial charge in [0.05, 0.1) is 25.1 Å². The number of amides is 1. The zero-order valence-corrected chi connectivity index (χ0v) is 18.8. The van der Waals surface area contributed by atoms with Gasteiger partial charge in [-0.25, -0.2) is 14.1 Å². The second-order valence-electron chi connectivity index (χ2n) is 7.75. The van der Waals surface area contributed by atoms with Crippen LogP contribution < -0.4 is 20.3 Å². The van der Waals surface area contributed by atoms with Crippen molar-refractivity contribution in [3.05, 3.63) is 88.0 Å². The second-order valence-corrected chi connectivity index (χ2v) is 7.75. The van der Waals surface area contributed by atoms with E-state index in [2.05, 4.69) is 20.6 Å². The molecule has 0 spiro atoms. The molecule has 5 aromatic rings. The maximum Gasteiger partial charge on any atom is 0.281 e. The molecular weight excluding hydrogens is 453 g/mol. The second kappa shape index (κ2) is 8.90. The highest BCUT2D eigenvalue weighted by atomic mass is 19.1. The van der Waals surface area contributed by atoms with Gasteiger partial charge in [0.2, 0.25) is 0 Å². The lowest BCUT2D eigenvalue weighted by atomic mass is 10.1. The monoisotopic (exact) mass is 473 g/mol. The number of aromatic nitrogens is 4. The Hall–Kier alpha value is -4.73. The summed E-state index contributed by atoms with van der Waals surface area (Å²) in [5, 5.41) is 10.2. The number of nitrogens with one attached hydrogen (secondary N) is 2. The smallest absolute Gasteiger partial charge is 0.281 e. The fourth-order valence-electron chi connectivity index (χ4n) is 3.87. The zero-order valence-electron chi connectivity index (χ0n) is 18.8. The molecule has 0 atom stereocenters. The SMILES string of the molecule is COc1ccc(CNC(=O)c2ccc3c(=O)nc4c(-c5cccc(F)c5)n[nH]n4c3c2)cc1OC. The Morgan fingerprint density at radius 1 is 1.06 bits per heavy atom. The van der Waals surface area contributed by atoms with Crippen LogP contribution in [0.25, 0.3) is 27.8 Å². The van der Waals surface area contributed by atoms with Crippen molar-refractivity contribution in [2.45, 2.75) is 6.54 Å². The Balaban J connectivity index is 1.48. The maximum atomic E-state index is 13.7. The molecule has 1 amide bonds. The number of hydrogen-bond donors (Lipinski definition) is 2. The standard InChI is InChI=1S/C25H20FN5O4/c1-34-20-9-6-14(10-21(20)35-2)13-27-24(32)16-7-8-18-19(12-16)31-23(28-25(18)33)22(29-30-31)15-4-3-5-17(26)11-15/h3-12,30H,13H2,1-2H3,(H,27,32). The van der Waals surface area contributed by atoms with Crippen molar-refractivity contribution in [2.24, 2.45) is 0 Å². The summed E-state index contributed by atoms with van der Waals surface area (Å²) < 4.78 is 25.8. The molecule has 35 heavy (non-hydrogen) atoms. The molecule has 3 aromatic carbocycles. The molecule has 2 aromatic heterocycles. The minimum Gasteiger partial charge on any atom is -0.493 e. The number of rotatable bonds is 6. The number of aromatic amines is 1. The van der Waals surface area contributed by atoms with Gasteiger partial charge < -0.3 is 14.8 Å². The lowest BCUT2D eigenvalue weighted by molar-refractivity contribution is 0.0951. The quantitative estimate of drug-likeness (QED) is 0.392. The normalized spacial score (nSPS) is 11.1. The van der Waals surface area contributed by atoms with Crippen LogP contribution in [0, 0.1) is 5.82 Å². The van der Waals surface area contributed by atoms with Crippen LogP contribution in [0.15, 0.2) is 65.5 Å². The lowest BCUT2D eigenvalue weighted by Gasteiger charge is -2.11. The summed E-state index contributed by atoms with van der Waals surface area (Å²) >= 11 is 0. The largest absolute Gasteiger partial charge is 0.493 e. The molecule has 5 rings (SSSR count). The van der Waals surface area contributed by atoms with Gasteiger partial charge >= 0.3 is 0 Å². The first-order valence-corrected chi connectivity index (χ1v) is 10.6. The number of methoxy groups -OCH3 is 2. The Kier molecular flexibility index (Phi) is 5.61. The number of carbonyl (C=O) groups is 1. The average Bonchev–Trinajstić information content (AvgIpc) is 3.30. The maximum absolute atomic E-state index is 13.7. The first-order chi connectivity index (χ1) is 17.0. The third-order valence-electron chi connectivity index (χ3n) is 5.62. The predicted octanol–water partition coefficient (Wildman–Crippen LogP) is 3.32. The fourth-order valence-corrected chi connectivity index (χ4v) is 3.87. The molecule has 0 aliphatic carbocycles. The van der Waals surface area contributed by atoms with E-state index in [0.29, 0.717) is 39.2 Å². The molecule has 0 saturated carbocycles. The Morgan fingerprint density at radius 2 is 1.89 bits per heavy atom. The molecule has 0 unspecified atom stereocenters. The van der Waals surface area contributed by atoms with Crippen LogP contribution in [0.4, 0.5) is 4.39 Å². The van der Waals surface area contributed by atoms with E-state index in [-0.39, 0.29) is 18.1 Å². The number of halogens is 1. The molecule has 0 saturated heterocycles. The number of carbonyl (C=O) groups excluding carboxylic acids is 1. The first-order valence-electron chi connectivity index (χ1n) is 10.6. The van der Waals surface area contributed by atoms with Crippen molar-refractivity contribution in [3.63, 3.8) is 0 Å². The number of hydrogen-bond acceptors (Lipinski definition) is 6. The summed E-state index contributed by atoms with van der Waals surface area (Å²) in [5.41, 5.74) is 2.15. The minimum atomic E-state index is -0.476. The zero-order chi connectivity index (χ0) is 24.5. The highest BCUT2D eigenvalue weighted by Crippen LogP contribution is 2.27. The van der Waals surface area contributed by atoms with E-state index in [0.717, 1.165) is 5.56 Å². The molecular formula is C25H20FN5O4. The van der Waals surface area contributed by atoms with E-state index < -0.39 is 11.4 Å². The van der Waals surface area contributed by atoms with Crippen molar-refractivity contribution >= 4 is 22.5 Å². The third-order valence-corrected chi connectivity index (χ3v) is 5.62. The number of fused-ring (bicyclic) bond motifs is 3. The highest BCUT2D eigenvalue weighted by molar-refractivity contribution is 5.98. The molecule has 0 aliphatic heterocycles. The summed E-state index contributed by atoms with van der Waals surface area (Å²) in [5.74, 6) is 0.398. The van der Waals surface area contributed by atoms with Crippen LogP contribution in [0.2, 0.25) is 0 Å². The van der Waals surface area contributed by atoms with Crippen LogP contribution in [0.3, 0.4) is 0 Å². The number of benzene rings is 3. The number of H-pyrrole nitrogens is 1. The van der Waals surface area contributed by atoms with Gasteiger partial charge in [-0.15, -0.1) is 0 Å². The molecule has 9 nitrogen and oxygen atoms in total. The van der Waals surface area contributed by atoms with E-state index in [9.17, 15) is 14.0 Å². The van der Waals surface area contributed by atoms with E-state index >= 15 is 0 Å². The van der Waals surface area contributed by atoms with E-state index in [1.165, 1.54) is 16.6 Å². The summed E-state index contributed by atoms with van der Waals surface area (Å²) in [6, 6.07) is 15.9. The van der Waals surface area contributed by atoms with Crippen molar-refractivity contribution in [1.29, 1.82) is 0 Å². The van der Waals surface area contributed by atoms with Crippen LogP contribution >= 0.6 is 0 Å². The van der Waals surface area contributed by atoms with Crippen molar-refractivity contribution in [3.8, 4) is 22.8 Å². The van der Waals surface area contributed by atoms with Crippen LogP contribution in [0.1, 0.15) is 15.9 Å². The molecule has 0 radical (unpaired) electrons. The van der Waals surface area contributed by atoms with E-state index in [1.54, 1.807) is 56.7 Å². The lowest BCUT2D eigenvalue weighted by Crippen LogP contribution is -2.23. The van der Waals surface area contributed by atoms with Gasteiger partial charge in [0, 0.05) is 17.7 Å². The highest BCUT2D eigenvalue weighted by Gasteiger charge is 2.16. The number of nitrogens with zero attached hydrogens (tertiary/aromatic N) is 3. The molecule has 0 fully saturated rings. The minimum absolute atomic E-state index is 0.232. The van der Waals surface area contributed by atoms with E-state index in [1.807, 2.05) is 6.07 Å². The Bertz CT molecular complexity index is 1640. The van der Waals surface area contributed by atoms with Gasteiger partial charge in [-0.2, -0.15) is 10.1 Å². The summed E-state index contributed by atoms with van der Waals surface area (Å²) in [6.07, 6.45) is 0. The summed E-state index contributed by atoms with van der Waals surface area (Å²) in [7, 11) is 3.10. The Morgan fingerprint density at radius 3 is 2.66 bits per heavy atom. The molecule has 176 valence electrons. The topological polar surface area (TPSA) is 111 Å². The molecule has 10 heteroatoms. The van der Waals surface area contributed by atoms with Crippen LogP contribution in [-0.4, -0.2) is 39.9 Å². The predicted molar refractivity (Wildman–Crippen MR) is 127 cm³/mol. The van der Waals surface area contributed by atoms with Crippen molar-refractivity contribution < 1.29 is 18.7 Å². The van der Waals surface area contributed by atoms with E-state index in [4.69, 9.17) is 9.47 Å². The van der Waals surface area contributed by atoms with Gasteiger partial charge in [0.1, 0.15) is 11.5 Å². The molecule has 0 bridgehead atoms. The fraction of sp³-hybridized carbons (Fsp3) is 0.120. The van der Waals surface area contributed by atoms with Gasteiger partial charge in [-0.1, -0.05) is 18.2 Å². The van der Waals surface area contributed by atoms with Gasteiger partial charge in [-0.3, -0.25) is 9.59 Å². The van der Waals surface area contributed by atoms with Crippen LogP contribution in [0.5, 0.6) is 11.5 Å². The molecule has 2 heterocycles. The molecule has 2 N–H and O–H groups in total. The summed E-state index contributed by atoms with van der Waals surface area (Å²) in [4.78, 5) is 29.7. The van der Waals surface area contributed by atoms with Crippen molar-refractivity contribution in [2.75, 3.05) is 14.2 Å². The van der Waals surface area contributed by atoms with Gasteiger partial charge in [0.15, 0.2) is 17.1 Å². The molecule has 0 aliphatic rings. The van der Waals surface area contributed by atoms with Gasteiger partial charge in [0.25, 0.3) is 11.5 Å². The first kappa shape index (κ1) is 22.1. The average molecular weight is 473 g/mol. The number of ether oxygens (including phenoxy) is 2.